The lowest BCUT2D eigenvalue weighted by atomic mass is 9.98. The van der Waals surface area contributed by atoms with Crippen molar-refractivity contribution in [3.05, 3.63) is 77.5 Å². The number of benzene rings is 2. The molecule has 0 saturated heterocycles. The molecule has 2 aromatic carbocycles. The summed E-state index contributed by atoms with van der Waals surface area (Å²) in [5.41, 5.74) is 5.60. The van der Waals surface area contributed by atoms with Crippen LogP contribution >= 0.6 is 0 Å². The van der Waals surface area contributed by atoms with E-state index in [2.05, 4.69) is 19.1 Å². The van der Waals surface area contributed by atoms with Crippen LogP contribution in [0.15, 0.2) is 60.7 Å². The van der Waals surface area contributed by atoms with Gasteiger partial charge in [0.2, 0.25) is 0 Å². The van der Waals surface area contributed by atoms with Crippen molar-refractivity contribution in [3.8, 4) is 22.5 Å². The maximum Gasteiger partial charge on any atom is 0.337 e. The quantitative estimate of drug-likeness (QED) is 0.403. The third-order valence-corrected chi connectivity index (χ3v) is 5.49. The van der Waals surface area contributed by atoms with Crippen molar-refractivity contribution in [1.82, 2.24) is 14.6 Å². The fourth-order valence-electron chi connectivity index (χ4n) is 3.96. The molecule has 0 fully saturated rings. The van der Waals surface area contributed by atoms with Crippen molar-refractivity contribution in [2.75, 3.05) is 0 Å². The molecule has 1 unspecified atom stereocenters. The fraction of sp³-hybridized carbons (Fsp3) is 0.296. The molecule has 0 bridgehead atoms. The highest BCUT2D eigenvalue weighted by Gasteiger charge is 2.33. The molecule has 0 aliphatic carbocycles. The summed E-state index contributed by atoms with van der Waals surface area (Å²) in [5.74, 6) is -1.06. The van der Waals surface area contributed by atoms with E-state index in [0.29, 0.717) is 22.6 Å². The van der Waals surface area contributed by atoms with Gasteiger partial charge in [-0.05, 0) is 39.7 Å². The predicted octanol–water partition coefficient (Wildman–Crippen LogP) is 5.87. The van der Waals surface area contributed by atoms with Crippen LogP contribution in [0.5, 0.6) is 0 Å². The summed E-state index contributed by atoms with van der Waals surface area (Å²) in [6, 6.07) is 19.9. The molecular weight excluding hydrogens is 414 g/mol. The van der Waals surface area contributed by atoms with E-state index in [-0.39, 0.29) is 0 Å². The Hall–Kier alpha value is -3.51. The fourth-order valence-corrected chi connectivity index (χ4v) is 3.96. The van der Waals surface area contributed by atoms with Gasteiger partial charge in [0, 0.05) is 28.5 Å². The molecule has 33 heavy (non-hydrogen) atoms. The van der Waals surface area contributed by atoms with Crippen LogP contribution in [0.1, 0.15) is 50.6 Å². The smallest absolute Gasteiger partial charge is 0.337 e. The summed E-state index contributed by atoms with van der Waals surface area (Å²) in [6.45, 7) is 9.48. The molecular formula is C27H29N3O3. The Morgan fingerprint density at radius 3 is 2.30 bits per heavy atom. The van der Waals surface area contributed by atoms with E-state index < -0.39 is 17.7 Å². The highest BCUT2D eigenvalue weighted by atomic mass is 16.5. The summed E-state index contributed by atoms with van der Waals surface area (Å²) in [4.78, 5) is 17.1. The number of rotatable bonds is 6. The number of fused-ring (bicyclic) bond motifs is 1. The molecule has 4 aromatic rings. The van der Waals surface area contributed by atoms with Gasteiger partial charge in [-0.15, -0.1) is 0 Å². The largest absolute Gasteiger partial charge is 0.479 e. The molecule has 1 atom stereocenters. The van der Waals surface area contributed by atoms with Crippen molar-refractivity contribution < 1.29 is 14.6 Å². The van der Waals surface area contributed by atoms with Crippen LogP contribution in [0.2, 0.25) is 0 Å². The second-order valence-electron chi connectivity index (χ2n) is 9.12. The highest BCUT2D eigenvalue weighted by molar-refractivity contribution is 5.81. The van der Waals surface area contributed by atoms with Crippen molar-refractivity contribution in [2.45, 2.75) is 52.7 Å². The molecule has 0 radical (unpaired) electrons. The summed E-state index contributed by atoms with van der Waals surface area (Å²) in [7, 11) is 0. The van der Waals surface area contributed by atoms with Crippen molar-refractivity contribution in [1.29, 1.82) is 0 Å². The van der Waals surface area contributed by atoms with Gasteiger partial charge in [0.05, 0.1) is 17.0 Å². The molecule has 0 aliphatic heterocycles. The molecule has 1 N–H and O–H groups in total. The normalized spacial score (nSPS) is 12.8. The van der Waals surface area contributed by atoms with Crippen LogP contribution in [0.25, 0.3) is 28.2 Å². The number of aryl methyl sites for hydroxylation is 2. The first-order valence-electron chi connectivity index (χ1n) is 11.1. The average Bonchev–Trinajstić information content (AvgIpc) is 3.20. The minimum absolute atomic E-state index is 0.511. The number of hydrogen-bond donors (Lipinski definition) is 1. The molecule has 4 rings (SSSR count). The zero-order chi connectivity index (χ0) is 23.8. The standard InChI is InChI=1S/C27H29N3O3/c1-6-18-12-14-20(15-13-18)24-23(25(26(31)32)33-27(3,4)5)17(2)28-22-16-21(29-30(22)24)19-10-8-7-9-11-19/h7-16,25H,6H2,1-5H3,(H,31,32). The van der Waals surface area contributed by atoms with Gasteiger partial charge in [-0.25, -0.2) is 14.3 Å². The monoisotopic (exact) mass is 443 g/mol. The van der Waals surface area contributed by atoms with E-state index in [0.717, 1.165) is 23.2 Å². The number of hydrogen-bond acceptors (Lipinski definition) is 4. The molecule has 0 saturated carbocycles. The van der Waals surface area contributed by atoms with Gasteiger partial charge in [-0.1, -0.05) is 61.5 Å². The Morgan fingerprint density at radius 1 is 1.06 bits per heavy atom. The number of aliphatic carboxylic acids is 1. The van der Waals surface area contributed by atoms with Crippen LogP contribution < -0.4 is 0 Å². The summed E-state index contributed by atoms with van der Waals surface area (Å²) < 4.78 is 7.78. The zero-order valence-corrected chi connectivity index (χ0v) is 19.7. The lowest BCUT2D eigenvalue weighted by Gasteiger charge is -2.27. The maximum absolute atomic E-state index is 12.4. The van der Waals surface area contributed by atoms with E-state index in [1.54, 1.807) is 4.52 Å². The van der Waals surface area contributed by atoms with Gasteiger partial charge in [-0.2, -0.15) is 5.10 Å². The van der Waals surface area contributed by atoms with Crippen molar-refractivity contribution in [2.24, 2.45) is 0 Å². The lowest BCUT2D eigenvalue weighted by Crippen LogP contribution is -2.29. The Labute approximate surface area is 193 Å². The number of carboxylic acid groups (broad SMARTS) is 1. The molecule has 0 amide bonds. The van der Waals surface area contributed by atoms with E-state index in [9.17, 15) is 9.90 Å². The first kappa shape index (κ1) is 22.7. The molecule has 6 heteroatoms. The Bertz CT molecular complexity index is 1290. The van der Waals surface area contributed by atoms with Gasteiger partial charge >= 0.3 is 5.97 Å². The average molecular weight is 444 g/mol. The lowest BCUT2D eigenvalue weighted by molar-refractivity contribution is -0.160. The summed E-state index contributed by atoms with van der Waals surface area (Å²) in [6.07, 6.45) is -0.268. The van der Waals surface area contributed by atoms with Gasteiger partial charge in [0.1, 0.15) is 0 Å². The number of nitrogens with zero attached hydrogens (tertiary/aromatic N) is 3. The van der Waals surface area contributed by atoms with Crippen LogP contribution in [0.4, 0.5) is 0 Å². The second kappa shape index (κ2) is 8.79. The van der Waals surface area contributed by atoms with Crippen molar-refractivity contribution >= 4 is 11.6 Å². The van der Waals surface area contributed by atoms with Gasteiger partial charge < -0.3 is 9.84 Å². The van der Waals surface area contributed by atoms with Gasteiger partial charge in [0.15, 0.2) is 11.8 Å². The first-order chi connectivity index (χ1) is 15.7. The van der Waals surface area contributed by atoms with Crippen LogP contribution in [-0.2, 0) is 16.0 Å². The maximum atomic E-state index is 12.4. The zero-order valence-electron chi connectivity index (χ0n) is 19.7. The molecule has 0 spiro atoms. The second-order valence-corrected chi connectivity index (χ2v) is 9.12. The summed E-state index contributed by atoms with van der Waals surface area (Å²) >= 11 is 0. The predicted molar refractivity (Wildman–Crippen MR) is 129 cm³/mol. The van der Waals surface area contributed by atoms with E-state index >= 15 is 0 Å². The minimum atomic E-state index is -1.19. The van der Waals surface area contributed by atoms with Gasteiger partial charge in [-0.3, -0.25) is 0 Å². The number of ether oxygens (including phenoxy) is 1. The van der Waals surface area contributed by atoms with Crippen LogP contribution in [-0.4, -0.2) is 31.3 Å². The van der Waals surface area contributed by atoms with E-state index in [1.807, 2.05) is 76.2 Å². The molecule has 6 nitrogen and oxygen atoms in total. The Morgan fingerprint density at radius 2 is 1.73 bits per heavy atom. The highest BCUT2D eigenvalue weighted by Crippen LogP contribution is 2.36. The molecule has 0 aliphatic rings. The SMILES string of the molecule is CCc1ccc(-c2c(C(OC(C)(C)C)C(=O)O)c(C)nc3cc(-c4ccccc4)nn23)cc1. The number of carbonyl (C=O) groups is 1. The van der Waals surface area contributed by atoms with E-state index in [4.69, 9.17) is 14.8 Å². The summed E-state index contributed by atoms with van der Waals surface area (Å²) in [5, 5.41) is 15.0. The topological polar surface area (TPSA) is 76.7 Å². The Kier molecular flexibility index (Phi) is 6.04. The van der Waals surface area contributed by atoms with E-state index in [1.165, 1.54) is 5.56 Å². The number of carboxylic acids is 1. The van der Waals surface area contributed by atoms with Crippen molar-refractivity contribution in [3.63, 3.8) is 0 Å². The molecule has 2 aromatic heterocycles. The Balaban J connectivity index is 2.03. The molecule has 2 heterocycles. The number of aromatic nitrogens is 3. The first-order valence-corrected chi connectivity index (χ1v) is 11.1. The minimum Gasteiger partial charge on any atom is -0.479 e. The molecule has 170 valence electrons. The van der Waals surface area contributed by atoms with Crippen LogP contribution in [0.3, 0.4) is 0 Å². The third kappa shape index (κ3) is 4.66. The third-order valence-electron chi connectivity index (χ3n) is 5.49. The van der Waals surface area contributed by atoms with Gasteiger partial charge in [0.25, 0.3) is 0 Å². The van der Waals surface area contributed by atoms with Crippen LogP contribution in [0, 0.1) is 6.92 Å².